The summed E-state index contributed by atoms with van der Waals surface area (Å²) in [6.45, 7) is 5.55. The van der Waals surface area contributed by atoms with E-state index in [1.54, 1.807) is 57.6 Å². The molecule has 2 aromatic carbocycles. The highest BCUT2D eigenvalue weighted by atomic mass is 16.5. The fourth-order valence-electron chi connectivity index (χ4n) is 4.42. The molecular weight excluding hydrogens is 448 g/mol. The van der Waals surface area contributed by atoms with Crippen LogP contribution < -0.4 is 24.3 Å². The Bertz CT molecular complexity index is 996. The third-order valence-electron chi connectivity index (χ3n) is 6.42. The molecule has 1 heterocycles. The van der Waals surface area contributed by atoms with Gasteiger partial charge in [-0.15, -0.1) is 0 Å². The molecule has 2 amide bonds. The van der Waals surface area contributed by atoms with Gasteiger partial charge in [0.2, 0.25) is 11.7 Å². The van der Waals surface area contributed by atoms with Gasteiger partial charge in [-0.3, -0.25) is 9.59 Å². The molecule has 2 aromatic rings. The number of hydrogen-bond acceptors (Lipinski definition) is 6. The molecule has 35 heavy (non-hydrogen) atoms. The molecule has 0 radical (unpaired) electrons. The second-order valence-electron chi connectivity index (χ2n) is 9.08. The van der Waals surface area contributed by atoms with Crippen molar-refractivity contribution in [1.29, 1.82) is 0 Å². The molecular formula is C27H36N2O6. The van der Waals surface area contributed by atoms with E-state index >= 15 is 0 Å². The molecule has 8 nitrogen and oxygen atoms in total. The lowest BCUT2D eigenvalue weighted by molar-refractivity contribution is -0.124. The average Bonchev–Trinajstić information content (AvgIpc) is 3.32. The first-order chi connectivity index (χ1) is 16.8. The van der Waals surface area contributed by atoms with Gasteiger partial charge in [0.25, 0.3) is 5.91 Å². The summed E-state index contributed by atoms with van der Waals surface area (Å²) in [6.07, 6.45) is 0.891. The lowest BCUT2D eigenvalue weighted by Gasteiger charge is -2.21. The van der Waals surface area contributed by atoms with Gasteiger partial charge in [0.05, 0.1) is 34.4 Å². The molecule has 0 saturated carbocycles. The van der Waals surface area contributed by atoms with E-state index in [4.69, 9.17) is 18.9 Å². The van der Waals surface area contributed by atoms with E-state index in [0.29, 0.717) is 54.1 Å². The molecule has 0 spiro atoms. The first-order valence-corrected chi connectivity index (χ1v) is 11.8. The number of nitrogens with one attached hydrogen (secondary N) is 1. The number of ether oxygens (including phenoxy) is 4. The van der Waals surface area contributed by atoms with E-state index in [9.17, 15) is 9.59 Å². The van der Waals surface area contributed by atoms with Gasteiger partial charge in [-0.05, 0) is 54.3 Å². The van der Waals surface area contributed by atoms with Gasteiger partial charge in [-0.2, -0.15) is 0 Å². The normalized spacial score (nSPS) is 17.3. The molecule has 1 saturated heterocycles. The second kappa shape index (κ2) is 11.8. The molecule has 1 aliphatic rings. The number of carbonyl (C=O) groups is 2. The Balaban J connectivity index is 1.92. The lowest BCUT2D eigenvalue weighted by Crippen LogP contribution is -2.36. The third kappa shape index (κ3) is 5.99. The van der Waals surface area contributed by atoms with Crippen LogP contribution in [0.2, 0.25) is 0 Å². The van der Waals surface area contributed by atoms with Crippen molar-refractivity contribution in [3.05, 3.63) is 47.5 Å². The van der Waals surface area contributed by atoms with Crippen LogP contribution in [0, 0.1) is 11.8 Å². The van der Waals surface area contributed by atoms with Crippen molar-refractivity contribution in [3.8, 4) is 23.0 Å². The van der Waals surface area contributed by atoms with E-state index in [1.807, 2.05) is 12.1 Å². The molecule has 0 bridgehead atoms. The molecule has 1 aliphatic heterocycles. The Morgan fingerprint density at radius 2 is 1.57 bits per heavy atom. The number of carbonyl (C=O) groups excluding carboxylic acids is 2. The number of benzene rings is 2. The predicted octanol–water partition coefficient (Wildman–Crippen LogP) is 3.74. The summed E-state index contributed by atoms with van der Waals surface area (Å²) >= 11 is 0. The molecule has 8 heteroatoms. The first kappa shape index (κ1) is 26.2. The first-order valence-electron chi connectivity index (χ1n) is 11.8. The van der Waals surface area contributed by atoms with Crippen LogP contribution >= 0.6 is 0 Å². The highest BCUT2D eigenvalue weighted by Gasteiger charge is 2.41. The summed E-state index contributed by atoms with van der Waals surface area (Å²) in [6, 6.07) is 10.7. The molecule has 0 unspecified atom stereocenters. The fraction of sp³-hybridized carbons (Fsp3) is 0.481. The molecule has 1 N–H and O–H groups in total. The molecule has 0 aromatic heterocycles. The fourth-order valence-corrected chi connectivity index (χ4v) is 4.42. The maximum Gasteiger partial charge on any atom is 0.253 e. The predicted molar refractivity (Wildman–Crippen MR) is 134 cm³/mol. The van der Waals surface area contributed by atoms with Crippen LogP contribution in [0.5, 0.6) is 23.0 Å². The van der Waals surface area contributed by atoms with Crippen LogP contribution in [0.25, 0.3) is 0 Å². The quantitative estimate of drug-likeness (QED) is 0.553. The van der Waals surface area contributed by atoms with Crippen molar-refractivity contribution < 1.29 is 28.5 Å². The molecule has 1 fully saturated rings. The Morgan fingerprint density at radius 1 is 0.943 bits per heavy atom. The maximum absolute atomic E-state index is 13.3. The molecule has 3 rings (SSSR count). The zero-order chi connectivity index (χ0) is 25.5. The van der Waals surface area contributed by atoms with Crippen molar-refractivity contribution in [2.45, 2.75) is 26.2 Å². The van der Waals surface area contributed by atoms with Crippen LogP contribution in [0.15, 0.2) is 36.4 Å². The molecule has 190 valence electrons. The summed E-state index contributed by atoms with van der Waals surface area (Å²) in [4.78, 5) is 28.3. The monoisotopic (exact) mass is 484 g/mol. The largest absolute Gasteiger partial charge is 0.497 e. The third-order valence-corrected chi connectivity index (χ3v) is 6.42. The van der Waals surface area contributed by atoms with Gasteiger partial charge in [0.15, 0.2) is 11.5 Å². The number of nitrogens with zero attached hydrogens (tertiary/aromatic N) is 1. The zero-order valence-corrected chi connectivity index (χ0v) is 21.4. The number of hydrogen-bond donors (Lipinski definition) is 1. The van der Waals surface area contributed by atoms with Crippen molar-refractivity contribution in [2.24, 2.45) is 11.8 Å². The number of methoxy groups -OCH3 is 4. The van der Waals surface area contributed by atoms with Gasteiger partial charge in [-0.1, -0.05) is 13.8 Å². The summed E-state index contributed by atoms with van der Waals surface area (Å²) in [5.74, 6) is 1.86. The van der Waals surface area contributed by atoms with Crippen LogP contribution in [0.1, 0.15) is 42.1 Å². The average molecular weight is 485 g/mol. The van der Waals surface area contributed by atoms with E-state index in [0.717, 1.165) is 12.0 Å². The van der Waals surface area contributed by atoms with Gasteiger partial charge in [0, 0.05) is 31.1 Å². The SMILES string of the molecule is COc1ccc(C(=O)N2C[C@H](C(=O)NCCC(C)C)[C@H](c3cc(OC)c(OC)c(OC)c3)C2)cc1. The zero-order valence-electron chi connectivity index (χ0n) is 21.4. The lowest BCUT2D eigenvalue weighted by atomic mass is 9.87. The van der Waals surface area contributed by atoms with Crippen LogP contribution in [0.4, 0.5) is 0 Å². The van der Waals surface area contributed by atoms with E-state index in [1.165, 1.54) is 0 Å². The minimum Gasteiger partial charge on any atom is -0.497 e. The van der Waals surface area contributed by atoms with E-state index in [-0.39, 0.29) is 17.7 Å². The van der Waals surface area contributed by atoms with Crippen molar-refractivity contribution in [1.82, 2.24) is 10.2 Å². The van der Waals surface area contributed by atoms with E-state index in [2.05, 4.69) is 19.2 Å². The summed E-state index contributed by atoms with van der Waals surface area (Å²) in [5, 5.41) is 3.07. The summed E-state index contributed by atoms with van der Waals surface area (Å²) in [5.41, 5.74) is 1.41. The van der Waals surface area contributed by atoms with Crippen LogP contribution in [-0.4, -0.2) is 64.8 Å². The minimum absolute atomic E-state index is 0.0607. The minimum atomic E-state index is -0.410. The number of rotatable bonds is 10. The smallest absolute Gasteiger partial charge is 0.253 e. The molecule has 0 aliphatic carbocycles. The van der Waals surface area contributed by atoms with Gasteiger partial charge in [-0.25, -0.2) is 0 Å². The second-order valence-corrected chi connectivity index (χ2v) is 9.08. The van der Waals surface area contributed by atoms with Gasteiger partial charge >= 0.3 is 0 Å². The van der Waals surface area contributed by atoms with Crippen molar-refractivity contribution in [3.63, 3.8) is 0 Å². The number of likely N-dealkylation sites (tertiary alicyclic amines) is 1. The van der Waals surface area contributed by atoms with Crippen LogP contribution in [-0.2, 0) is 4.79 Å². The Kier molecular flexibility index (Phi) is 8.84. The topological polar surface area (TPSA) is 86.3 Å². The standard InChI is InChI=1S/C27H36N2O6/c1-17(2)11-12-28-26(30)22-16-29(27(31)18-7-9-20(32-3)10-8-18)15-21(22)19-13-23(33-4)25(35-6)24(14-19)34-5/h7-10,13-14,17,21-22H,11-12,15-16H2,1-6H3,(H,28,30)/t21-,22-/m0/s1. The van der Waals surface area contributed by atoms with Crippen molar-refractivity contribution >= 4 is 11.8 Å². The highest BCUT2D eigenvalue weighted by Crippen LogP contribution is 2.43. The van der Waals surface area contributed by atoms with Gasteiger partial charge < -0.3 is 29.2 Å². The van der Waals surface area contributed by atoms with E-state index < -0.39 is 5.92 Å². The molecule has 2 atom stereocenters. The Labute approximate surface area is 207 Å². The highest BCUT2D eigenvalue weighted by molar-refractivity contribution is 5.95. The Morgan fingerprint density at radius 3 is 2.09 bits per heavy atom. The van der Waals surface area contributed by atoms with Crippen molar-refractivity contribution in [2.75, 3.05) is 48.1 Å². The summed E-state index contributed by atoms with van der Waals surface area (Å²) in [7, 11) is 6.26. The maximum atomic E-state index is 13.3. The number of amides is 2. The van der Waals surface area contributed by atoms with Gasteiger partial charge in [0.1, 0.15) is 5.75 Å². The summed E-state index contributed by atoms with van der Waals surface area (Å²) < 4.78 is 21.7. The van der Waals surface area contributed by atoms with Crippen LogP contribution in [0.3, 0.4) is 0 Å². The Hall–Kier alpha value is -3.42.